The van der Waals surface area contributed by atoms with Crippen molar-refractivity contribution in [1.29, 1.82) is 5.26 Å². The van der Waals surface area contributed by atoms with Crippen molar-refractivity contribution in [2.24, 2.45) is 5.11 Å². The standard InChI is InChI=1S/C11H11BrFN5/c12-8-2-3-9(10(13)6-8)11(7-14)16-4-1-5-17-18-15/h2-3,6,11,16H,1,4-5H2. The van der Waals surface area contributed by atoms with E-state index in [1.807, 2.05) is 6.07 Å². The van der Waals surface area contributed by atoms with Gasteiger partial charge in [-0.3, -0.25) is 5.32 Å². The first-order valence-corrected chi connectivity index (χ1v) is 6.07. The van der Waals surface area contributed by atoms with E-state index in [0.717, 1.165) is 0 Å². The Morgan fingerprint density at radius 2 is 2.39 bits per heavy atom. The largest absolute Gasteiger partial charge is 0.298 e. The second-order valence-corrected chi connectivity index (χ2v) is 4.41. The lowest BCUT2D eigenvalue weighted by molar-refractivity contribution is 0.555. The number of benzene rings is 1. The Morgan fingerprint density at radius 3 is 3.00 bits per heavy atom. The quantitative estimate of drug-likeness (QED) is 0.377. The first-order chi connectivity index (χ1) is 8.69. The second-order valence-electron chi connectivity index (χ2n) is 3.49. The molecule has 1 N–H and O–H groups in total. The topological polar surface area (TPSA) is 84.6 Å². The molecular formula is C11H11BrFN5. The maximum atomic E-state index is 13.6. The van der Waals surface area contributed by atoms with Crippen LogP contribution in [0, 0.1) is 17.1 Å². The summed E-state index contributed by atoms with van der Waals surface area (Å²) < 4.78 is 14.3. The summed E-state index contributed by atoms with van der Waals surface area (Å²) in [5, 5.41) is 15.3. The fraction of sp³-hybridized carbons (Fsp3) is 0.364. The summed E-state index contributed by atoms with van der Waals surface area (Å²) >= 11 is 3.16. The maximum Gasteiger partial charge on any atom is 0.130 e. The van der Waals surface area contributed by atoms with Gasteiger partial charge in [-0.2, -0.15) is 5.26 Å². The van der Waals surface area contributed by atoms with E-state index in [0.29, 0.717) is 29.5 Å². The summed E-state index contributed by atoms with van der Waals surface area (Å²) in [7, 11) is 0. The van der Waals surface area contributed by atoms with Crippen molar-refractivity contribution >= 4 is 15.9 Å². The third kappa shape index (κ3) is 4.34. The lowest BCUT2D eigenvalue weighted by Gasteiger charge is -2.12. The highest BCUT2D eigenvalue weighted by molar-refractivity contribution is 9.10. The van der Waals surface area contributed by atoms with Gasteiger partial charge in [-0.15, -0.1) is 0 Å². The number of nitrogens with zero attached hydrogens (tertiary/aromatic N) is 4. The van der Waals surface area contributed by atoms with Crippen LogP contribution in [0.1, 0.15) is 18.0 Å². The normalized spacial score (nSPS) is 11.4. The molecule has 0 aliphatic rings. The lowest BCUT2D eigenvalue weighted by atomic mass is 10.1. The van der Waals surface area contributed by atoms with Gasteiger partial charge < -0.3 is 0 Å². The lowest BCUT2D eigenvalue weighted by Crippen LogP contribution is -2.22. The monoisotopic (exact) mass is 311 g/mol. The number of hydrogen-bond donors (Lipinski definition) is 1. The van der Waals surface area contributed by atoms with Crippen molar-refractivity contribution < 1.29 is 4.39 Å². The molecule has 0 aromatic heterocycles. The van der Waals surface area contributed by atoms with Crippen LogP contribution in [-0.4, -0.2) is 13.1 Å². The van der Waals surface area contributed by atoms with Gasteiger partial charge >= 0.3 is 0 Å². The van der Waals surface area contributed by atoms with Crippen molar-refractivity contribution in [3.63, 3.8) is 0 Å². The van der Waals surface area contributed by atoms with Crippen LogP contribution in [0.25, 0.3) is 10.4 Å². The summed E-state index contributed by atoms with van der Waals surface area (Å²) in [4.78, 5) is 2.62. The number of halogens is 2. The Kier molecular flexibility index (Phi) is 6.15. The smallest absolute Gasteiger partial charge is 0.130 e. The molecule has 0 aliphatic heterocycles. The Morgan fingerprint density at radius 1 is 1.61 bits per heavy atom. The van der Waals surface area contributed by atoms with Crippen LogP contribution >= 0.6 is 15.9 Å². The molecule has 1 unspecified atom stereocenters. The molecule has 7 heteroatoms. The summed E-state index contributed by atoms with van der Waals surface area (Å²) in [5.41, 5.74) is 8.40. The molecule has 0 radical (unpaired) electrons. The molecule has 0 bridgehead atoms. The van der Waals surface area contributed by atoms with E-state index in [-0.39, 0.29) is 0 Å². The second kappa shape index (κ2) is 7.67. The van der Waals surface area contributed by atoms with Crippen LogP contribution in [-0.2, 0) is 0 Å². The number of nitrogens with one attached hydrogen (secondary N) is 1. The maximum absolute atomic E-state index is 13.6. The molecule has 5 nitrogen and oxygen atoms in total. The third-order valence-corrected chi connectivity index (χ3v) is 2.74. The molecule has 0 amide bonds. The Bertz CT molecular complexity index is 493. The van der Waals surface area contributed by atoms with Gasteiger partial charge in [-0.25, -0.2) is 4.39 Å². The summed E-state index contributed by atoms with van der Waals surface area (Å²) in [5.74, 6) is -0.432. The Balaban J connectivity index is 2.61. The highest BCUT2D eigenvalue weighted by Gasteiger charge is 2.14. The number of hydrogen-bond acceptors (Lipinski definition) is 3. The fourth-order valence-electron chi connectivity index (χ4n) is 1.40. The molecule has 0 saturated heterocycles. The van der Waals surface area contributed by atoms with Crippen LogP contribution in [0.5, 0.6) is 0 Å². The highest BCUT2D eigenvalue weighted by atomic mass is 79.9. The van der Waals surface area contributed by atoms with Gasteiger partial charge in [0.25, 0.3) is 0 Å². The van der Waals surface area contributed by atoms with E-state index in [1.165, 1.54) is 6.07 Å². The van der Waals surface area contributed by atoms with Gasteiger partial charge in [-0.05, 0) is 30.6 Å². The minimum atomic E-state index is -0.704. The van der Waals surface area contributed by atoms with Crippen LogP contribution in [0.15, 0.2) is 27.8 Å². The van der Waals surface area contributed by atoms with E-state index >= 15 is 0 Å². The summed E-state index contributed by atoms with van der Waals surface area (Å²) in [6.07, 6.45) is 0.598. The van der Waals surface area contributed by atoms with Crippen molar-refractivity contribution in [3.8, 4) is 6.07 Å². The van der Waals surface area contributed by atoms with E-state index < -0.39 is 11.9 Å². The van der Waals surface area contributed by atoms with Gasteiger partial charge in [0, 0.05) is 21.5 Å². The van der Waals surface area contributed by atoms with E-state index in [2.05, 4.69) is 31.3 Å². The molecule has 0 spiro atoms. The average Bonchev–Trinajstić information content (AvgIpc) is 2.35. The summed E-state index contributed by atoms with van der Waals surface area (Å²) in [6.45, 7) is 0.831. The van der Waals surface area contributed by atoms with Crippen LogP contribution in [0.3, 0.4) is 0 Å². The molecule has 0 fully saturated rings. The molecule has 0 aliphatic carbocycles. The molecule has 0 heterocycles. The van der Waals surface area contributed by atoms with Crippen molar-refractivity contribution in [2.75, 3.05) is 13.1 Å². The van der Waals surface area contributed by atoms with E-state index in [1.54, 1.807) is 12.1 Å². The predicted octanol–water partition coefficient (Wildman–Crippen LogP) is 3.44. The molecule has 1 aromatic rings. The zero-order valence-electron chi connectivity index (χ0n) is 9.48. The van der Waals surface area contributed by atoms with Gasteiger partial charge in [0.1, 0.15) is 11.9 Å². The SMILES string of the molecule is N#CC(NCCCN=[N+]=[N-])c1ccc(Br)cc1F. The van der Waals surface area contributed by atoms with Crippen molar-refractivity contribution in [3.05, 3.63) is 44.5 Å². The third-order valence-electron chi connectivity index (χ3n) is 2.25. The molecule has 18 heavy (non-hydrogen) atoms. The van der Waals surface area contributed by atoms with Crippen molar-refractivity contribution in [1.82, 2.24) is 5.32 Å². The van der Waals surface area contributed by atoms with Gasteiger partial charge in [0.15, 0.2) is 0 Å². The number of rotatable bonds is 6. The van der Waals surface area contributed by atoms with E-state index in [9.17, 15) is 4.39 Å². The fourth-order valence-corrected chi connectivity index (χ4v) is 1.73. The minimum Gasteiger partial charge on any atom is -0.298 e. The minimum absolute atomic E-state index is 0.310. The van der Waals surface area contributed by atoms with Crippen molar-refractivity contribution in [2.45, 2.75) is 12.5 Å². The molecule has 94 valence electrons. The number of nitriles is 1. The van der Waals surface area contributed by atoms with Gasteiger partial charge in [0.2, 0.25) is 0 Å². The molecule has 0 saturated carbocycles. The predicted molar refractivity (Wildman–Crippen MR) is 69.1 cm³/mol. The average molecular weight is 312 g/mol. The molecule has 1 rings (SSSR count). The first kappa shape index (κ1) is 14.5. The van der Waals surface area contributed by atoms with Gasteiger partial charge in [0.05, 0.1) is 6.07 Å². The number of azide groups is 1. The van der Waals surface area contributed by atoms with Crippen LogP contribution in [0.4, 0.5) is 4.39 Å². The molecule has 1 aromatic carbocycles. The Labute approximate surface area is 112 Å². The van der Waals surface area contributed by atoms with Gasteiger partial charge in [-0.1, -0.05) is 27.1 Å². The molecular weight excluding hydrogens is 301 g/mol. The molecule has 1 atom stereocenters. The highest BCUT2D eigenvalue weighted by Crippen LogP contribution is 2.20. The Hall–Kier alpha value is -1.61. The van der Waals surface area contributed by atoms with Crippen LogP contribution in [0.2, 0.25) is 0 Å². The van der Waals surface area contributed by atoms with E-state index in [4.69, 9.17) is 10.8 Å². The van der Waals surface area contributed by atoms with Crippen LogP contribution < -0.4 is 5.32 Å². The summed E-state index contributed by atoms with van der Waals surface area (Å²) in [6, 6.07) is 5.86. The zero-order chi connectivity index (χ0) is 13.4. The zero-order valence-corrected chi connectivity index (χ0v) is 11.1. The first-order valence-electron chi connectivity index (χ1n) is 5.28.